The summed E-state index contributed by atoms with van der Waals surface area (Å²) in [6.07, 6.45) is 9.06. The average molecular weight is 832 g/mol. The number of aliphatic hydroxyl groups excluding tert-OH is 1. The number of carbonyl (C=O) groups excluding carboxylic acids is 1. The Bertz CT molecular complexity index is 2180. The Balaban J connectivity index is 1.41. The lowest BCUT2D eigenvalue weighted by Crippen LogP contribution is -2.40. The predicted molar refractivity (Wildman–Crippen MR) is 235 cm³/mol. The molecule has 1 fully saturated rings. The first-order valence-electron chi connectivity index (χ1n) is 20.9. The Hall–Kier alpha value is -5.85. The molecule has 4 atom stereocenters. The van der Waals surface area contributed by atoms with Gasteiger partial charge in [0.1, 0.15) is 42.0 Å². The monoisotopic (exact) mass is 831 g/mol. The molecule has 0 aliphatic carbocycles. The van der Waals surface area contributed by atoms with E-state index in [0.717, 1.165) is 55.5 Å². The van der Waals surface area contributed by atoms with Crippen LogP contribution in [0.1, 0.15) is 76.3 Å². The maximum atomic E-state index is 12.9. The fourth-order valence-electron chi connectivity index (χ4n) is 7.26. The number of benzene rings is 3. The molecule has 322 valence electrons. The van der Waals surface area contributed by atoms with Crippen LogP contribution in [-0.2, 0) is 24.6 Å². The number of carbonyl (C=O) groups is 1. The normalized spacial score (nSPS) is 17.8. The van der Waals surface area contributed by atoms with Crippen LogP contribution in [0.25, 0.3) is 11.2 Å². The standard InChI is InChI=1S/C47H57N7O7/c1-8-11-26-53(27-12-9-2)30-49-42-39-43(51-46(50-42)52-44(56)32(4)5)54(31-48-39)45-41(59-28-10-3)40(55)38(61-45)29-60-47(33-16-14-13-15-17-33,34-18-22-36(57-6)23-19-34)35-20-24-37(58-7)25-21-35/h3,13-25,30-32,38,40-41,45,55H,8-9,11-12,26-29H2,1-2,4-7H3,(H,50,51,52,56)/b49-30+/t38-,40-,41-,45-/m1/s1. The van der Waals surface area contributed by atoms with E-state index in [1.165, 1.54) is 0 Å². The Kier molecular flexibility index (Phi) is 15.5. The summed E-state index contributed by atoms with van der Waals surface area (Å²) < 4.78 is 32.7. The average Bonchev–Trinajstić information content (AvgIpc) is 3.85. The van der Waals surface area contributed by atoms with Gasteiger partial charge in [0.25, 0.3) is 0 Å². The number of hydrogen-bond acceptors (Lipinski definition) is 11. The summed E-state index contributed by atoms with van der Waals surface area (Å²) in [5, 5.41) is 14.9. The zero-order valence-electron chi connectivity index (χ0n) is 35.9. The van der Waals surface area contributed by atoms with Gasteiger partial charge in [-0.2, -0.15) is 9.97 Å². The fraction of sp³-hybridized carbons (Fsp3) is 0.426. The second-order valence-electron chi connectivity index (χ2n) is 15.2. The Morgan fingerprint density at radius 1 is 0.967 bits per heavy atom. The Morgan fingerprint density at radius 2 is 1.57 bits per heavy atom. The molecule has 1 aliphatic heterocycles. The van der Waals surface area contributed by atoms with Gasteiger partial charge < -0.3 is 33.7 Å². The summed E-state index contributed by atoms with van der Waals surface area (Å²) in [6.45, 7) is 9.38. The van der Waals surface area contributed by atoms with E-state index < -0.39 is 30.1 Å². The summed E-state index contributed by atoms with van der Waals surface area (Å²) in [7, 11) is 3.24. The van der Waals surface area contributed by atoms with Gasteiger partial charge in [-0.05, 0) is 53.8 Å². The van der Waals surface area contributed by atoms with Crippen molar-refractivity contribution in [2.24, 2.45) is 10.9 Å². The van der Waals surface area contributed by atoms with E-state index in [2.05, 4.69) is 35.0 Å². The van der Waals surface area contributed by atoms with Gasteiger partial charge in [-0.1, -0.05) is 101 Å². The topological polar surface area (TPSA) is 155 Å². The first-order chi connectivity index (χ1) is 29.7. The van der Waals surface area contributed by atoms with E-state index in [1.54, 1.807) is 45.3 Å². The van der Waals surface area contributed by atoms with Crippen molar-refractivity contribution >= 4 is 35.2 Å². The number of hydrogen-bond donors (Lipinski definition) is 2. The first kappa shape index (κ1) is 44.7. The second-order valence-corrected chi connectivity index (χ2v) is 15.2. The summed E-state index contributed by atoms with van der Waals surface area (Å²) in [5.41, 5.74) is 2.00. The predicted octanol–water partition coefficient (Wildman–Crippen LogP) is 7.29. The third kappa shape index (κ3) is 10.2. The third-order valence-electron chi connectivity index (χ3n) is 10.7. The minimum atomic E-state index is -1.21. The molecule has 2 N–H and O–H groups in total. The smallest absolute Gasteiger partial charge is 0.233 e. The molecule has 61 heavy (non-hydrogen) atoms. The van der Waals surface area contributed by atoms with Crippen molar-refractivity contribution in [3.05, 3.63) is 102 Å². The van der Waals surface area contributed by atoms with E-state index in [9.17, 15) is 9.90 Å². The second kappa shape index (κ2) is 21.1. The van der Waals surface area contributed by atoms with E-state index in [0.29, 0.717) is 22.7 Å². The minimum Gasteiger partial charge on any atom is -0.497 e. The Morgan fingerprint density at radius 3 is 2.13 bits per heavy atom. The molecule has 0 radical (unpaired) electrons. The van der Waals surface area contributed by atoms with E-state index >= 15 is 0 Å². The van der Waals surface area contributed by atoms with E-state index in [-0.39, 0.29) is 36.8 Å². The first-order valence-corrected chi connectivity index (χ1v) is 20.9. The molecular formula is C47H57N7O7. The number of rotatable bonds is 21. The maximum Gasteiger partial charge on any atom is 0.233 e. The number of amides is 1. The number of aliphatic imine (C=N–C) groups is 1. The molecule has 5 aromatic rings. The van der Waals surface area contributed by atoms with Crippen LogP contribution < -0.4 is 14.8 Å². The van der Waals surface area contributed by atoms with Crippen molar-refractivity contribution in [1.82, 2.24) is 24.4 Å². The molecule has 14 heteroatoms. The highest BCUT2D eigenvalue weighted by atomic mass is 16.6. The number of aliphatic hydroxyl groups is 1. The van der Waals surface area contributed by atoms with Crippen molar-refractivity contribution in [3.8, 4) is 23.8 Å². The molecule has 6 rings (SSSR count). The van der Waals surface area contributed by atoms with Gasteiger partial charge in [0.15, 0.2) is 23.2 Å². The van der Waals surface area contributed by atoms with Crippen molar-refractivity contribution in [1.29, 1.82) is 0 Å². The lowest BCUT2D eigenvalue weighted by Gasteiger charge is -2.37. The number of methoxy groups -OCH3 is 2. The number of nitrogens with zero attached hydrogens (tertiary/aromatic N) is 6. The number of nitrogens with one attached hydrogen (secondary N) is 1. The number of terminal acetylenes is 1. The molecule has 0 bridgehead atoms. The Labute approximate surface area is 358 Å². The molecule has 1 aliphatic rings. The zero-order chi connectivity index (χ0) is 43.4. The molecule has 3 aromatic carbocycles. The van der Waals surface area contributed by atoms with Crippen LogP contribution in [0.4, 0.5) is 11.8 Å². The van der Waals surface area contributed by atoms with Gasteiger partial charge in [-0.25, -0.2) is 9.98 Å². The molecule has 2 aromatic heterocycles. The van der Waals surface area contributed by atoms with Crippen LogP contribution >= 0.6 is 0 Å². The summed E-state index contributed by atoms with van der Waals surface area (Å²) in [4.78, 5) is 34.0. The number of anilines is 1. The number of imidazole rings is 1. The molecular weight excluding hydrogens is 775 g/mol. The van der Waals surface area contributed by atoms with E-state index in [1.807, 2.05) is 78.9 Å². The van der Waals surface area contributed by atoms with Crippen LogP contribution in [0, 0.1) is 18.3 Å². The largest absolute Gasteiger partial charge is 0.497 e. The lowest BCUT2D eigenvalue weighted by molar-refractivity contribution is -0.118. The highest BCUT2D eigenvalue weighted by Gasteiger charge is 2.48. The highest BCUT2D eigenvalue weighted by Crippen LogP contribution is 2.43. The molecule has 14 nitrogen and oxygen atoms in total. The number of unbranched alkanes of at least 4 members (excludes halogenated alkanes) is 2. The molecule has 1 amide bonds. The van der Waals surface area contributed by atoms with Gasteiger partial charge in [-0.15, -0.1) is 6.42 Å². The number of aromatic nitrogens is 4. The molecule has 3 heterocycles. The zero-order valence-corrected chi connectivity index (χ0v) is 35.9. The molecule has 1 saturated heterocycles. The van der Waals surface area contributed by atoms with Crippen molar-refractivity contribution in [3.63, 3.8) is 0 Å². The van der Waals surface area contributed by atoms with Gasteiger partial charge in [0.05, 0.1) is 33.5 Å². The van der Waals surface area contributed by atoms with Crippen LogP contribution in [-0.4, -0.2) is 101 Å². The molecule has 0 saturated carbocycles. The van der Waals surface area contributed by atoms with Gasteiger partial charge >= 0.3 is 0 Å². The van der Waals surface area contributed by atoms with Gasteiger partial charge in [-0.3, -0.25) is 14.7 Å². The quantitative estimate of drug-likeness (QED) is 0.0332. The lowest BCUT2D eigenvalue weighted by atomic mass is 9.80. The van der Waals surface area contributed by atoms with Crippen LogP contribution in [0.5, 0.6) is 11.5 Å². The SMILES string of the molecule is C#CCO[C@@H]1[C@H](O)[C@@H](COC(c2ccccc2)(c2ccc(OC)cc2)c2ccc(OC)cc2)O[C@H]1n1cnc2c(/N=C/N(CCCC)CCCC)nc(NC(=O)C(C)C)nc21. The molecule has 0 spiro atoms. The van der Waals surface area contributed by atoms with Crippen LogP contribution in [0.2, 0.25) is 0 Å². The summed E-state index contributed by atoms with van der Waals surface area (Å²) in [5.74, 6) is 3.63. The van der Waals surface area contributed by atoms with Crippen molar-refractivity contribution in [2.75, 3.05) is 45.8 Å². The van der Waals surface area contributed by atoms with Crippen molar-refractivity contribution in [2.45, 2.75) is 83.5 Å². The van der Waals surface area contributed by atoms with E-state index in [4.69, 9.17) is 45.1 Å². The fourth-order valence-corrected chi connectivity index (χ4v) is 7.26. The highest BCUT2D eigenvalue weighted by molar-refractivity contribution is 5.92. The van der Waals surface area contributed by atoms with Gasteiger partial charge in [0, 0.05) is 19.0 Å². The maximum absolute atomic E-state index is 12.9. The van der Waals surface area contributed by atoms with Gasteiger partial charge in [0.2, 0.25) is 11.9 Å². The summed E-state index contributed by atoms with van der Waals surface area (Å²) >= 11 is 0. The van der Waals surface area contributed by atoms with Crippen molar-refractivity contribution < 1.29 is 33.6 Å². The number of ether oxygens (including phenoxy) is 5. The minimum absolute atomic E-state index is 0.0555. The third-order valence-corrected chi connectivity index (χ3v) is 10.7. The summed E-state index contributed by atoms with van der Waals surface area (Å²) in [6, 6.07) is 25.3. The number of fused-ring (bicyclic) bond motifs is 1. The molecule has 0 unspecified atom stereocenters. The van der Waals surface area contributed by atoms with Crippen LogP contribution in [0.3, 0.4) is 0 Å². The van der Waals surface area contributed by atoms with Crippen LogP contribution in [0.15, 0.2) is 90.2 Å².